The molecule has 1 aliphatic rings. The summed E-state index contributed by atoms with van der Waals surface area (Å²) in [5.41, 5.74) is 8.06. The largest absolute Gasteiger partial charge is 0.369 e. The van der Waals surface area contributed by atoms with Gasteiger partial charge in [-0.3, -0.25) is 9.59 Å². The molecule has 0 aliphatic carbocycles. The SMILES string of the molecule is NC(=O)C1(Cc2cccc(-c3cccs3)c2)CCN(C(=O)Cc2cccc(F)c2)CC1. The second kappa shape index (κ2) is 9.02. The molecule has 2 heterocycles. The third-order valence-corrected chi connectivity index (χ3v) is 7.03. The first-order valence-electron chi connectivity index (χ1n) is 10.4. The van der Waals surface area contributed by atoms with Gasteiger partial charge in [0.2, 0.25) is 11.8 Å². The number of nitrogens with zero attached hydrogens (tertiary/aromatic N) is 1. The van der Waals surface area contributed by atoms with E-state index in [0.717, 1.165) is 11.1 Å². The van der Waals surface area contributed by atoms with Crippen molar-refractivity contribution in [2.45, 2.75) is 25.7 Å². The zero-order valence-electron chi connectivity index (χ0n) is 17.2. The maximum atomic E-state index is 13.4. The first-order chi connectivity index (χ1) is 14.9. The number of amides is 2. The number of piperidine rings is 1. The smallest absolute Gasteiger partial charge is 0.226 e. The van der Waals surface area contributed by atoms with E-state index in [1.807, 2.05) is 23.6 Å². The van der Waals surface area contributed by atoms with Gasteiger partial charge in [0, 0.05) is 18.0 Å². The number of rotatable bonds is 6. The lowest BCUT2D eigenvalue weighted by molar-refractivity contribution is -0.138. The van der Waals surface area contributed by atoms with Gasteiger partial charge in [0.1, 0.15) is 5.82 Å². The molecular formula is C25H25FN2O2S. The number of thiophene rings is 1. The van der Waals surface area contributed by atoms with Crippen LogP contribution in [0, 0.1) is 11.2 Å². The number of benzene rings is 2. The predicted molar refractivity (Wildman–Crippen MR) is 121 cm³/mol. The molecule has 0 atom stereocenters. The summed E-state index contributed by atoms with van der Waals surface area (Å²) in [6.45, 7) is 0.948. The number of primary amides is 1. The van der Waals surface area contributed by atoms with Crippen molar-refractivity contribution in [1.82, 2.24) is 4.90 Å². The highest BCUT2D eigenvalue weighted by Crippen LogP contribution is 2.36. The molecule has 1 aliphatic heterocycles. The summed E-state index contributed by atoms with van der Waals surface area (Å²) < 4.78 is 13.4. The van der Waals surface area contributed by atoms with Gasteiger partial charge in [0.25, 0.3) is 0 Å². The minimum absolute atomic E-state index is 0.0524. The first-order valence-corrected chi connectivity index (χ1v) is 11.3. The maximum absolute atomic E-state index is 13.4. The molecule has 1 aromatic heterocycles. The van der Waals surface area contributed by atoms with Crippen LogP contribution < -0.4 is 5.73 Å². The Bertz CT molecular complexity index is 1070. The van der Waals surface area contributed by atoms with E-state index in [0.29, 0.717) is 37.9 Å². The maximum Gasteiger partial charge on any atom is 0.226 e. The Morgan fingerprint density at radius 3 is 2.42 bits per heavy atom. The van der Waals surface area contributed by atoms with E-state index < -0.39 is 5.41 Å². The van der Waals surface area contributed by atoms with Gasteiger partial charge in [-0.2, -0.15) is 0 Å². The summed E-state index contributed by atoms with van der Waals surface area (Å²) in [7, 11) is 0. The van der Waals surface area contributed by atoms with Crippen molar-refractivity contribution in [2.24, 2.45) is 11.1 Å². The number of nitrogens with two attached hydrogens (primary N) is 1. The van der Waals surface area contributed by atoms with Crippen LogP contribution in [0.2, 0.25) is 0 Å². The zero-order chi connectivity index (χ0) is 21.8. The van der Waals surface area contributed by atoms with E-state index in [2.05, 4.69) is 18.2 Å². The zero-order valence-corrected chi connectivity index (χ0v) is 18.0. The number of likely N-dealkylation sites (tertiary alicyclic amines) is 1. The van der Waals surface area contributed by atoms with E-state index in [4.69, 9.17) is 5.73 Å². The Morgan fingerprint density at radius 2 is 1.74 bits per heavy atom. The molecule has 4 nitrogen and oxygen atoms in total. The second-order valence-corrected chi connectivity index (χ2v) is 9.13. The van der Waals surface area contributed by atoms with E-state index in [-0.39, 0.29) is 24.1 Å². The third kappa shape index (κ3) is 4.85. The quantitative estimate of drug-likeness (QED) is 0.621. The highest BCUT2D eigenvalue weighted by Gasteiger charge is 2.40. The molecule has 4 rings (SSSR count). The van der Waals surface area contributed by atoms with Crippen LogP contribution >= 0.6 is 11.3 Å². The average molecular weight is 437 g/mol. The van der Waals surface area contributed by atoms with Crippen molar-refractivity contribution in [3.63, 3.8) is 0 Å². The minimum Gasteiger partial charge on any atom is -0.369 e. The van der Waals surface area contributed by atoms with Crippen LogP contribution in [0.3, 0.4) is 0 Å². The predicted octanol–water partition coefficient (Wildman–Crippen LogP) is 4.43. The van der Waals surface area contributed by atoms with Crippen molar-refractivity contribution in [2.75, 3.05) is 13.1 Å². The van der Waals surface area contributed by atoms with Crippen molar-refractivity contribution in [1.29, 1.82) is 0 Å². The molecule has 2 aromatic carbocycles. The molecule has 160 valence electrons. The van der Waals surface area contributed by atoms with E-state index in [1.165, 1.54) is 17.0 Å². The Balaban J connectivity index is 1.44. The highest BCUT2D eigenvalue weighted by molar-refractivity contribution is 7.13. The van der Waals surface area contributed by atoms with Crippen molar-refractivity contribution < 1.29 is 14.0 Å². The molecule has 0 unspecified atom stereocenters. The molecular weight excluding hydrogens is 411 g/mol. The molecule has 0 saturated carbocycles. The lowest BCUT2D eigenvalue weighted by Crippen LogP contribution is -2.50. The molecule has 0 spiro atoms. The van der Waals surface area contributed by atoms with Crippen LogP contribution in [0.4, 0.5) is 4.39 Å². The molecule has 1 fully saturated rings. The Labute approximate surface area is 185 Å². The van der Waals surface area contributed by atoms with Gasteiger partial charge in [-0.15, -0.1) is 11.3 Å². The molecule has 0 radical (unpaired) electrons. The highest BCUT2D eigenvalue weighted by atomic mass is 32.1. The Kier molecular flexibility index (Phi) is 6.18. The first kappa shape index (κ1) is 21.2. The number of halogens is 1. The number of carbonyl (C=O) groups excluding carboxylic acids is 2. The number of hydrogen-bond acceptors (Lipinski definition) is 3. The van der Waals surface area contributed by atoms with Gasteiger partial charge < -0.3 is 10.6 Å². The van der Waals surface area contributed by atoms with E-state index in [1.54, 1.807) is 28.4 Å². The van der Waals surface area contributed by atoms with E-state index >= 15 is 0 Å². The standard InChI is InChI=1S/C25H25FN2O2S/c26-21-7-2-4-18(15-21)16-23(29)28-11-9-25(10-12-28,24(27)30)17-19-5-1-6-20(14-19)22-8-3-13-31-22/h1-8,13-15H,9-12,16-17H2,(H2,27,30). The topological polar surface area (TPSA) is 63.4 Å². The number of hydrogen-bond donors (Lipinski definition) is 1. The fraction of sp³-hybridized carbons (Fsp3) is 0.280. The minimum atomic E-state index is -0.663. The number of carbonyl (C=O) groups is 2. The summed E-state index contributed by atoms with van der Waals surface area (Å²) in [6.07, 6.45) is 1.78. The second-order valence-electron chi connectivity index (χ2n) is 8.19. The van der Waals surface area contributed by atoms with Crippen molar-refractivity contribution >= 4 is 23.2 Å². The molecule has 2 amide bonds. The van der Waals surface area contributed by atoms with Crippen LogP contribution in [0.1, 0.15) is 24.0 Å². The van der Waals surface area contributed by atoms with Crippen LogP contribution in [-0.4, -0.2) is 29.8 Å². The van der Waals surface area contributed by atoms with Gasteiger partial charge >= 0.3 is 0 Å². The van der Waals surface area contributed by atoms with Gasteiger partial charge in [-0.1, -0.05) is 42.5 Å². The summed E-state index contributed by atoms with van der Waals surface area (Å²) in [5, 5.41) is 2.05. The van der Waals surface area contributed by atoms with Crippen LogP contribution in [-0.2, 0) is 22.4 Å². The fourth-order valence-electron chi connectivity index (χ4n) is 4.30. The summed E-state index contributed by atoms with van der Waals surface area (Å²) in [6, 6.07) is 18.4. The fourth-order valence-corrected chi connectivity index (χ4v) is 5.02. The lowest BCUT2D eigenvalue weighted by atomic mass is 9.73. The van der Waals surface area contributed by atoms with Crippen molar-refractivity contribution in [3.05, 3.63) is 83.0 Å². The molecule has 2 N–H and O–H groups in total. The average Bonchev–Trinajstić information content (AvgIpc) is 3.29. The van der Waals surface area contributed by atoms with Crippen LogP contribution in [0.5, 0.6) is 0 Å². The summed E-state index contributed by atoms with van der Waals surface area (Å²) >= 11 is 1.68. The summed E-state index contributed by atoms with van der Waals surface area (Å²) in [5.74, 6) is -0.712. The van der Waals surface area contributed by atoms with Crippen LogP contribution in [0.25, 0.3) is 10.4 Å². The summed E-state index contributed by atoms with van der Waals surface area (Å²) in [4.78, 5) is 28.1. The molecule has 3 aromatic rings. The van der Waals surface area contributed by atoms with Crippen molar-refractivity contribution in [3.8, 4) is 10.4 Å². The van der Waals surface area contributed by atoms with Gasteiger partial charge in [0.15, 0.2) is 0 Å². The van der Waals surface area contributed by atoms with E-state index in [9.17, 15) is 14.0 Å². The Hall–Kier alpha value is -2.99. The Morgan fingerprint density at radius 1 is 1.00 bits per heavy atom. The third-order valence-electron chi connectivity index (χ3n) is 6.12. The lowest BCUT2D eigenvalue weighted by Gasteiger charge is -2.40. The van der Waals surface area contributed by atoms with Gasteiger partial charge in [0.05, 0.1) is 11.8 Å². The van der Waals surface area contributed by atoms with Crippen LogP contribution in [0.15, 0.2) is 66.0 Å². The molecule has 1 saturated heterocycles. The molecule has 6 heteroatoms. The molecule has 0 bridgehead atoms. The normalized spacial score (nSPS) is 15.6. The molecule has 31 heavy (non-hydrogen) atoms. The monoisotopic (exact) mass is 436 g/mol. The van der Waals surface area contributed by atoms with Gasteiger partial charge in [-0.25, -0.2) is 4.39 Å². The van der Waals surface area contributed by atoms with Gasteiger partial charge in [-0.05, 0) is 59.5 Å².